The van der Waals surface area contributed by atoms with E-state index < -0.39 is 0 Å². The second-order valence-corrected chi connectivity index (χ2v) is 5.07. The zero-order valence-corrected chi connectivity index (χ0v) is 10.1. The van der Waals surface area contributed by atoms with Crippen LogP contribution in [0.15, 0.2) is 30.9 Å². The van der Waals surface area contributed by atoms with E-state index in [0.717, 1.165) is 24.9 Å². The number of hydrogen-bond donors (Lipinski definition) is 1. The number of nitrogens with zero attached hydrogens (tertiary/aromatic N) is 3. The first-order valence-corrected chi connectivity index (χ1v) is 5.96. The third-order valence-electron chi connectivity index (χ3n) is 3.13. The van der Waals surface area contributed by atoms with Crippen molar-refractivity contribution in [3.05, 3.63) is 41.4 Å². The van der Waals surface area contributed by atoms with Crippen LogP contribution in [0.4, 0.5) is 0 Å². The summed E-state index contributed by atoms with van der Waals surface area (Å²) in [5.74, 6) is 0. The van der Waals surface area contributed by atoms with Gasteiger partial charge in [0.15, 0.2) is 0 Å². The molecule has 5 heteroatoms. The molecular weight excluding hydrogens is 236 g/mol. The van der Waals surface area contributed by atoms with Gasteiger partial charge < -0.3 is 5.73 Å². The van der Waals surface area contributed by atoms with Gasteiger partial charge in [-0.3, -0.25) is 0 Å². The minimum absolute atomic E-state index is 0.0120. The molecule has 17 heavy (non-hydrogen) atoms. The topological polar surface area (TPSA) is 56.7 Å². The highest BCUT2D eigenvalue weighted by Gasteiger charge is 2.37. The van der Waals surface area contributed by atoms with E-state index >= 15 is 0 Å². The molecule has 88 valence electrons. The molecule has 0 saturated heterocycles. The van der Waals surface area contributed by atoms with Gasteiger partial charge in [-0.1, -0.05) is 17.7 Å². The summed E-state index contributed by atoms with van der Waals surface area (Å²) in [6.45, 7) is 0. The Morgan fingerprint density at radius 1 is 1.41 bits per heavy atom. The quantitative estimate of drug-likeness (QED) is 0.903. The number of nitrogens with two attached hydrogens (primary N) is 1. The van der Waals surface area contributed by atoms with E-state index in [9.17, 15) is 0 Å². The number of aromatic nitrogens is 3. The van der Waals surface area contributed by atoms with Gasteiger partial charge in [0.25, 0.3) is 0 Å². The Morgan fingerprint density at radius 2 is 2.24 bits per heavy atom. The van der Waals surface area contributed by atoms with E-state index in [2.05, 4.69) is 16.1 Å². The number of rotatable bonds is 3. The molecule has 0 unspecified atom stereocenters. The van der Waals surface area contributed by atoms with E-state index in [-0.39, 0.29) is 5.54 Å². The minimum atomic E-state index is 0.0120. The minimum Gasteiger partial charge on any atom is -0.325 e. The van der Waals surface area contributed by atoms with Crippen LogP contribution >= 0.6 is 11.6 Å². The second kappa shape index (κ2) is 3.82. The molecule has 0 aliphatic heterocycles. The van der Waals surface area contributed by atoms with Gasteiger partial charge in [0.1, 0.15) is 12.7 Å². The number of hydrogen-bond acceptors (Lipinski definition) is 3. The van der Waals surface area contributed by atoms with Crippen molar-refractivity contribution in [3.8, 4) is 5.69 Å². The Morgan fingerprint density at radius 3 is 2.82 bits per heavy atom. The highest BCUT2D eigenvalue weighted by Crippen LogP contribution is 2.36. The molecule has 1 heterocycles. The summed E-state index contributed by atoms with van der Waals surface area (Å²) in [5, 5.41) is 4.74. The van der Waals surface area contributed by atoms with Crippen molar-refractivity contribution in [1.82, 2.24) is 14.8 Å². The van der Waals surface area contributed by atoms with Crippen LogP contribution in [-0.4, -0.2) is 20.3 Å². The Bertz CT molecular complexity index is 531. The lowest BCUT2D eigenvalue weighted by atomic mass is 10.0. The van der Waals surface area contributed by atoms with Gasteiger partial charge in [-0.25, -0.2) is 9.67 Å². The van der Waals surface area contributed by atoms with Crippen molar-refractivity contribution >= 4 is 11.6 Å². The summed E-state index contributed by atoms with van der Waals surface area (Å²) in [7, 11) is 0. The Kier molecular flexibility index (Phi) is 2.42. The molecular formula is C12H13ClN4. The third-order valence-corrected chi connectivity index (χ3v) is 3.43. The maximum absolute atomic E-state index is 6.24. The van der Waals surface area contributed by atoms with Crippen molar-refractivity contribution in [1.29, 1.82) is 0 Å². The summed E-state index contributed by atoms with van der Waals surface area (Å²) in [6, 6.07) is 5.97. The van der Waals surface area contributed by atoms with Gasteiger partial charge in [0.05, 0.1) is 10.7 Å². The van der Waals surface area contributed by atoms with Crippen LogP contribution in [0.2, 0.25) is 5.02 Å². The van der Waals surface area contributed by atoms with Crippen molar-refractivity contribution in [2.75, 3.05) is 0 Å². The van der Waals surface area contributed by atoms with Gasteiger partial charge >= 0.3 is 0 Å². The number of benzene rings is 1. The highest BCUT2D eigenvalue weighted by molar-refractivity contribution is 6.32. The maximum atomic E-state index is 6.24. The highest BCUT2D eigenvalue weighted by atomic mass is 35.5. The van der Waals surface area contributed by atoms with Crippen LogP contribution in [0.5, 0.6) is 0 Å². The predicted octanol–water partition coefficient (Wildman–Crippen LogP) is 1.95. The van der Waals surface area contributed by atoms with Gasteiger partial charge in [0, 0.05) is 5.54 Å². The molecule has 0 radical (unpaired) electrons. The van der Waals surface area contributed by atoms with Crippen molar-refractivity contribution in [2.24, 2.45) is 5.73 Å². The fraction of sp³-hybridized carbons (Fsp3) is 0.333. The molecule has 1 aromatic heterocycles. The van der Waals surface area contributed by atoms with Gasteiger partial charge in [0.2, 0.25) is 0 Å². The van der Waals surface area contributed by atoms with Crippen LogP contribution in [0.1, 0.15) is 18.4 Å². The SMILES string of the molecule is NC1(Cc2ccc(-n3cncn3)c(Cl)c2)CC1. The first kappa shape index (κ1) is 10.7. The molecule has 1 fully saturated rings. The molecule has 3 rings (SSSR count). The van der Waals surface area contributed by atoms with Crippen molar-refractivity contribution in [3.63, 3.8) is 0 Å². The molecule has 1 saturated carbocycles. The molecule has 1 aromatic carbocycles. The van der Waals surface area contributed by atoms with Crippen LogP contribution in [-0.2, 0) is 6.42 Å². The zero-order chi connectivity index (χ0) is 11.9. The van der Waals surface area contributed by atoms with Gasteiger partial charge in [-0.2, -0.15) is 5.10 Å². The van der Waals surface area contributed by atoms with E-state index in [1.54, 1.807) is 11.0 Å². The predicted molar refractivity (Wildman–Crippen MR) is 66.2 cm³/mol. The average molecular weight is 249 g/mol. The normalized spacial score (nSPS) is 17.1. The van der Waals surface area contributed by atoms with E-state index in [1.165, 1.54) is 11.9 Å². The Hall–Kier alpha value is -1.39. The van der Waals surface area contributed by atoms with Crippen molar-refractivity contribution in [2.45, 2.75) is 24.8 Å². The van der Waals surface area contributed by atoms with Gasteiger partial charge in [-0.15, -0.1) is 0 Å². The zero-order valence-electron chi connectivity index (χ0n) is 9.31. The lowest BCUT2D eigenvalue weighted by Gasteiger charge is -2.10. The fourth-order valence-corrected chi connectivity index (χ4v) is 2.21. The van der Waals surface area contributed by atoms with Crippen molar-refractivity contribution < 1.29 is 0 Å². The lowest BCUT2D eigenvalue weighted by molar-refractivity contribution is 0.672. The molecule has 0 amide bonds. The molecule has 0 bridgehead atoms. The average Bonchev–Trinajstić information content (AvgIpc) is 2.81. The van der Waals surface area contributed by atoms with E-state index in [4.69, 9.17) is 17.3 Å². The molecule has 2 N–H and O–H groups in total. The lowest BCUT2D eigenvalue weighted by Crippen LogP contribution is -2.24. The van der Waals surface area contributed by atoms with E-state index in [0.29, 0.717) is 5.02 Å². The van der Waals surface area contributed by atoms with Crippen LogP contribution < -0.4 is 5.73 Å². The molecule has 2 aromatic rings. The maximum Gasteiger partial charge on any atom is 0.138 e. The standard InChI is InChI=1S/C12H13ClN4/c13-10-5-9(6-12(14)3-4-12)1-2-11(10)17-8-15-7-16-17/h1-2,5,7-8H,3-4,6,14H2. The summed E-state index contributed by atoms with van der Waals surface area (Å²) < 4.78 is 1.65. The van der Waals surface area contributed by atoms with Gasteiger partial charge in [-0.05, 0) is 37.0 Å². The molecule has 1 aliphatic carbocycles. The van der Waals surface area contributed by atoms with Crippen LogP contribution in [0.25, 0.3) is 5.69 Å². The van der Waals surface area contributed by atoms with Crippen LogP contribution in [0.3, 0.4) is 0 Å². The smallest absolute Gasteiger partial charge is 0.138 e. The molecule has 0 spiro atoms. The van der Waals surface area contributed by atoms with Crippen LogP contribution in [0, 0.1) is 0 Å². The summed E-state index contributed by atoms with van der Waals surface area (Å²) in [6.07, 6.45) is 6.23. The summed E-state index contributed by atoms with van der Waals surface area (Å²) in [5.41, 5.74) is 8.12. The largest absolute Gasteiger partial charge is 0.325 e. The first-order chi connectivity index (χ1) is 8.16. The summed E-state index contributed by atoms with van der Waals surface area (Å²) in [4.78, 5) is 3.90. The Labute approximate surface area is 104 Å². The number of halogens is 1. The monoisotopic (exact) mass is 248 g/mol. The molecule has 1 aliphatic rings. The third kappa shape index (κ3) is 2.18. The summed E-state index contributed by atoms with van der Waals surface area (Å²) >= 11 is 6.24. The molecule has 0 atom stereocenters. The molecule has 4 nitrogen and oxygen atoms in total. The second-order valence-electron chi connectivity index (χ2n) is 4.66. The first-order valence-electron chi connectivity index (χ1n) is 5.59. The fourth-order valence-electron chi connectivity index (χ4n) is 1.92. The Balaban J connectivity index is 1.89. The van der Waals surface area contributed by atoms with E-state index in [1.807, 2.05) is 12.1 Å².